The third kappa shape index (κ3) is 3.61. The maximum atomic E-state index is 12.6. The number of rotatable bonds is 3. The summed E-state index contributed by atoms with van der Waals surface area (Å²) in [4.78, 5) is 28.9. The number of carbonyl (C=O) groups is 2. The Labute approximate surface area is 142 Å². The van der Waals surface area contributed by atoms with Gasteiger partial charge in [-0.1, -0.05) is 18.2 Å². The Bertz CT molecular complexity index is 633. The number of benzene rings is 1. The second kappa shape index (κ2) is 7.51. The number of piperazine rings is 1. The first-order valence-corrected chi connectivity index (χ1v) is 8.56. The largest absolute Gasteiger partial charge is 0.497 e. The van der Waals surface area contributed by atoms with Crippen LogP contribution in [0.3, 0.4) is 0 Å². The molecule has 1 aromatic rings. The Morgan fingerprint density at radius 1 is 1.08 bits per heavy atom. The Morgan fingerprint density at radius 2 is 1.83 bits per heavy atom. The van der Waals surface area contributed by atoms with Gasteiger partial charge in [0.05, 0.1) is 7.11 Å². The molecule has 1 heterocycles. The molecule has 1 atom stereocenters. The Morgan fingerprint density at radius 3 is 2.50 bits per heavy atom. The number of ether oxygens (including phenoxy) is 1. The molecule has 1 saturated heterocycles. The highest BCUT2D eigenvalue weighted by molar-refractivity contribution is 5.94. The molecule has 2 aliphatic rings. The van der Waals surface area contributed by atoms with E-state index < -0.39 is 0 Å². The second-order valence-electron chi connectivity index (χ2n) is 6.33. The quantitative estimate of drug-likeness (QED) is 0.800. The highest BCUT2D eigenvalue weighted by Crippen LogP contribution is 2.22. The van der Waals surface area contributed by atoms with Crippen molar-refractivity contribution < 1.29 is 14.3 Å². The van der Waals surface area contributed by atoms with Crippen LogP contribution in [0.4, 0.5) is 0 Å². The van der Waals surface area contributed by atoms with Crippen molar-refractivity contribution in [2.24, 2.45) is 5.92 Å². The van der Waals surface area contributed by atoms with E-state index in [1.54, 1.807) is 19.2 Å². The van der Waals surface area contributed by atoms with Crippen molar-refractivity contribution in [2.45, 2.75) is 19.3 Å². The first kappa shape index (κ1) is 16.6. The lowest BCUT2D eigenvalue weighted by Crippen LogP contribution is -2.52. The summed E-state index contributed by atoms with van der Waals surface area (Å²) in [7, 11) is 1.59. The molecule has 0 N–H and O–H groups in total. The zero-order valence-electron chi connectivity index (χ0n) is 14.1. The third-order valence-electron chi connectivity index (χ3n) is 4.81. The van der Waals surface area contributed by atoms with Crippen LogP contribution in [0.2, 0.25) is 0 Å². The van der Waals surface area contributed by atoms with Gasteiger partial charge < -0.3 is 14.5 Å². The molecule has 0 saturated carbocycles. The van der Waals surface area contributed by atoms with Crippen LogP contribution in [-0.4, -0.2) is 54.9 Å². The average Bonchev–Trinajstić information content (AvgIpc) is 2.67. The average molecular weight is 328 g/mol. The first-order chi connectivity index (χ1) is 11.7. The van der Waals surface area contributed by atoms with Crippen LogP contribution in [0.1, 0.15) is 29.6 Å². The van der Waals surface area contributed by atoms with Gasteiger partial charge in [-0.3, -0.25) is 9.59 Å². The standard InChI is InChI=1S/C19H24N2O3/c1-24-17-9-5-8-16(14-17)19(23)21-12-10-20(11-13-21)18(22)15-6-3-2-4-7-15/h2-3,5,8-9,14-15H,4,6-7,10-13H2,1H3/t15-/m1/s1. The molecule has 5 heteroatoms. The van der Waals surface area contributed by atoms with Crippen LogP contribution in [0.15, 0.2) is 36.4 Å². The molecule has 128 valence electrons. The lowest BCUT2D eigenvalue weighted by atomic mass is 9.93. The topological polar surface area (TPSA) is 49.9 Å². The molecule has 3 rings (SSSR count). The summed E-state index contributed by atoms with van der Waals surface area (Å²) in [5, 5.41) is 0. The van der Waals surface area contributed by atoms with Gasteiger partial charge in [0, 0.05) is 37.7 Å². The molecule has 0 spiro atoms. The molecule has 24 heavy (non-hydrogen) atoms. The predicted octanol–water partition coefficient (Wildman–Crippen LogP) is 2.34. The van der Waals surface area contributed by atoms with Gasteiger partial charge in [-0.25, -0.2) is 0 Å². The molecule has 1 aromatic carbocycles. The van der Waals surface area contributed by atoms with Gasteiger partial charge in [0.15, 0.2) is 0 Å². The monoisotopic (exact) mass is 328 g/mol. The Hall–Kier alpha value is -2.30. The Kier molecular flexibility index (Phi) is 5.18. The maximum absolute atomic E-state index is 12.6. The van der Waals surface area contributed by atoms with E-state index in [1.165, 1.54) is 0 Å². The van der Waals surface area contributed by atoms with E-state index in [0.717, 1.165) is 19.3 Å². The van der Waals surface area contributed by atoms with Crippen LogP contribution in [-0.2, 0) is 4.79 Å². The lowest BCUT2D eigenvalue weighted by Gasteiger charge is -2.36. The van der Waals surface area contributed by atoms with Crippen LogP contribution < -0.4 is 4.74 Å². The minimum Gasteiger partial charge on any atom is -0.497 e. The number of amides is 2. The summed E-state index contributed by atoms with van der Waals surface area (Å²) >= 11 is 0. The summed E-state index contributed by atoms with van der Waals surface area (Å²) < 4.78 is 5.18. The second-order valence-corrected chi connectivity index (χ2v) is 6.33. The van der Waals surface area contributed by atoms with Crippen LogP contribution in [0.5, 0.6) is 5.75 Å². The van der Waals surface area contributed by atoms with Gasteiger partial charge in [-0.05, 0) is 37.5 Å². The van der Waals surface area contributed by atoms with Gasteiger partial charge >= 0.3 is 0 Å². The van der Waals surface area contributed by atoms with E-state index in [-0.39, 0.29) is 17.7 Å². The van der Waals surface area contributed by atoms with Crippen LogP contribution in [0.25, 0.3) is 0 Å². The van der Waals surface area contributed by atoms with E-state index >= 15 is 0 Å². The molecule has 1 aliphatic carbocycles. The van der Waals surface area contributed by atoms with E-state index in [9.17, 15) is 9.59 Å². The van der Waals surface area contributed by atoms with Gasteiger partial charge in [-0.2, -0.15) is 0 Å². The van der Waals surface area contributed by atoms with Gasteiger partial charge in [0.1, 0.15) is 5.75 Å². The number of hydrogen-bond donors (Lipinski definition) is 0. The first-order valence-electron chi connectivity index (χ1n) is 8.56. The number of nitrogens with zero attached hydrogens (tertiary/aromatic N) is 2. The SMILES string of the molecule is COc1cccc(C(=O)N2CCN(C(=O)[C@@H]3CC=CCC3)CC2)c1. The molecule has 0 unspecified atom stereocenters. The van der Waals surface area contributed by atoms with E-state index in [1.807, 2.05) is 21.9 Å². The summed E-state index contributed by atoms with van der Waals surface area (Å²) in [5.41, 5.74) is 0.631. The normalized spacial score (nSPS) is 20.8. The molecule has 5 nitrogen and oxygen atoms in total. The zero-order chi connectivity index (χ0) is 16.9. The molecular weight excluding hydrogens is 304 g/mol. The molecule has 0 bridgehead atoms. The van der Waals surface area contributed by atoms with Crippen molar-refractivity contribution in [3.63, 3.8) is 0 Å². The summed E-state index contributed by atoms with van der Waals surface area (Å²) in [6, 6.07) is 7.21. The van der Waals surface area contributed by atoms with E-state index in [4.69, 9.17) is 4.74 Å². The maximum Gasteiger partial charge on any atom is 0.254 e. The molecule has 2 amide bonds. The number of allylic oxidation sites excluding steroid dienone is 2. The summed E-state index contributed by atoms with van der Waals surface area (Å²) in [6.45, 7) is 2.41. The summed E-state index contributed by atoms with van der Waals surface area (Å²) in [5.74, 6) is 1.05. The Balaban J connectivity index is 1.57. The fraction of sp³-hybridized carbons (Fsp3) is 0.474. The van der Waals surface area contributed by atoms with Gasteiger partial charge in [0.2, 0.25) is 5.91 Å². The minimum atomic E-state index is 0.00148. The highest BCUT2D eigenvalue weighted by atomic mass is 16.5. The van der Waals surface area contributed by atoms with E-state index in [2.05, 4.69) is 12.2 Å². The number of carbonyl (C=O) groups excluding carboxylic acids is 2. The highest BCUT2D eigenvalue weighted by Gasteiger charge is 2.29. The van der Waals surface area contributed by atoms with Crippen molar-refractivity contribution in [1.29, 1.82) is 0 Å². The van der Waals surface area contributed by atoms with Crippen molar-refractivity contribution in [3.05, 3.63) is 42.0 Å². The smallest absolute Gasteiger partial charge is 0.254 e. The van der Waals surface area contributed by atoms with Gasteiger partial charge in [0.25, 0.3) is 5.91 Å². The van der Waals surface area contributed by atoms with Gasteiger partial charge in [-0.15, -0.1) is 0 Å². The number of hydrogen-bond acceptors (Lipinski definition) is 3. The third-order valence-corrected chi connectivity index (χ3v) is 4.81. The molecular formula is C19H24N2O3. The van der Waals surface area contributed by atoms with Crippen molar-refractivity contribution in [2.75, 3.05) is 33.3 Å². The molecule has 0 aromatic heterocycles. The van der Waals surface area contributed by atoms with Crippen LogP contribution in [0, 0.1) is 5.92 Å². The summed E-state index contributed by atoms with van der Waals surface area (Å²) in [6.07, 6.45) is 7.04. The molecule has 1 aliphatic heterocycles. The fourth-order valence-corrected chi connectivity index (χ4v) is 3.34. The predicted molar refractivity (Wildman–Crippen MR) is 92.0 cm³/mol. The number of methoxy groups -OCH3 is 1. The van der Waals surface area contributed by atoms with Crippen molar-refractivity contribution in [1.82, 2.24) is 9.80 Å². The van der Waals surface area contributed by atoms with E-state index in [0.29, 0.717) is 37.5 Å². The zero-order valence-corrected chi connectivity index (χ0v) is 14.1. The van der Waals surface area contributed by atoms with Crippen molar-refractivity contribution >= 4 is 11.8 Å². The molecule has 0 radical (unpaired) electrons. The minimum absolute atomic E-state index is 0.00148. The van der Waals surface area contributed by atoms with Crippen LogP contribution >= 0.6 is 0 Å². The van der Waals surface area contributed by atoms with Crippen molar-refractivity contribution in [3.8, 4) is 5.75 Å². The fourth-order valence-electron chi connectivity index (χ4n) is 3.34. The molecule has 1 fully saturated rings. The lowest BCUT2D eigenvalue weighted by molar-refractivity contribution is -0.137.